The molecule has 2 amide bonds. The van der Waals surface area contributed by atoms with Gasteiger partial charge in [0.15, 0.2) is 6.29 Å². The molecule has 60 heavy (non-hydrogen) atoms. The first kappa shape index (κ1) is 47.3. The highest BCUT2D eigenvalue weighted by Gasteiger charge is 2.47. The largest absolute Gasteiger partial charge is 0.471 e. The molecule has 2 N–H and O–H groups in total. The Morgan fingerprint density at radius 1 is 0.783 bits per heavy atom. The molecule has 5 rings (SSSR count). The number of amides is 2. The zero-order valence-corrected chi connectivity index (χ0v) is 36.1. The number of carbonyl (C=O) groups excluding carboxylic acids is 2. The number of nitrogens with zero attached hydrogens (tertiary/aromatic N) is 2. The molecule has 3 aromatic carbocycles. The molecule has 2 aliphatic rings. The fraction of sp³-hybridized carbons (Fsp3) is 0.592. The number of carbonyl (C=O) groups is 2. The van der Waals surface area contributed by atoms with Crippen molar-refractivity contribution in [1.82, 2.24) is 15.1 Å². The lowest BCUT2D eigenvalue weighted by atomic mass is 9.89. The van der Waals surface area contributed by atoms with Crippen molar-refractivity contribution >= 4 is 11.8 Å². The number of benzene rings is 3. The van der Waals surface area contributed by atoms with Crippen molar-refractivity contribution in [2.75, 3.05) is 26.2 Å². The Kier molecular flexibility index (Phi) is 18.9. The molecule has 5 atom stereocenters. The predicted molar refractivity (Wildman–Crippen MR) is 231 cm³/mol. The zero-order valence-electron chi connectivity index (χ0n) is 36.1. The monoisotopic (exact) mass is 836 g/mol. The summed E-state index contributed by atoms with van der Waals surface area (Å²) in [5.41, 5.74) is 5.48. The van der Waals surface area contributed by atoms with Gasteiger partial charge in [-0.3, -0.25) is 9.59 Å². The van der Waals surface area contributed by atoms with E-state index in [-0.39, 0.29) is 44.2 Å². The first-order chi connectivity index (χ1) is 29.0. The highest BCUT2D eigenvalue weighted by Crippen LogP contribution is 2.42. The second kappa shape index (κ2) is 24.0. The normalized spacial score (nSPS) is 20.8. The Labute approximate surface area is 356 Å². The fourth-order valence-corrected chi connectivity index (χ4v) is 8.55. The third-order valence-corrected chi connectivity index (χ3v) is 12.2. The SMILES string of the molecule is CCCCCCCCN(CCCCCCCC)C[C@H]1O[C@@H](c2ccc(-c3cccc(CNC(=O)[C@@H]4CCCN4C(=O)C(F)(F)F)c3)cc2)O[C@@H](c2ccc(CO)cc2)[C@H]1C. The minimum absolute atomic E-state index is 0.0157. The van der Waals surface area contributed by atoms with Gasteiger partial charge in [0.2, 0.25) is 5.91 Å². The maximum absolute atomic E-state index is 13.1. The standard InChI is InChI=1S/C49H68F3N3O5/c1-4-6-8-10-12-14-29-54(30-15-13-11-9-7-5-2)34-44-36(3)45(40-23-21-37(35-56)22-24-40)60-47(59-44)41-27-25-39(26-28-41)42-19-16-18-38(32-42)33-53-46(57)43-20-17-31-55(43)48(58)49(50,51)52/h16,18-19,21-28,32,36,43-45,47,56H,4-15,17,20,29-31,33-35H2,1-3H3,(H,53,57)/t36-,43-,44+,45+,47+/m0/s1. The van der Waals surface area contributed by atoms with Crippen molar-refractivity contribution in [3.05, 3.63) is 95.1 Å². The lowest BCUT2D eigenvalue weighted by Crippen LogP contribution is -2.50. The summed E-state index contributed by atoms with van der Waals surface area (Å²) in [6.07, 6.45) is 9.78. The van der Waals surface area contributed by atoms with E-state index in [2.05, 4.69) is 43.1 Å². The van der Waals surface area contributed by atoms with Gasteiger partial charge in [0.1, 0.15) is 6.04 Å². The first-order valence-electron chi connectivity index (χ1n) is 22.6. The highest BCUT2D eigenvalue weighted by molar-refractivity contribution is 5.90. The van der Waals surface area contributed by atoms with E-state index in [0.29, 0.717) is 11.3 Å². The molecule has 2 heterocycles. The lowest BCUT2D eigenvalue weighted by molar-refractivity contribution is -0.276. The van der Waals surface area contributed by atoms with E-state index in [1.165, 1.54) is 77.0 Å². The van der Waals surface area contributed by atoms with Crippen LogP contribution in [0.3, 0.4) is 0 Å². The number of nitrogens with one attached hydrogen (secondary N) is 1. The van der Waals surface area contributed by atoms with Gasteiger partial charge < -0.3 is 29.7 Å². The highest BCUT2D eigenvalue weighted by atomic mass is 19.4. The van der Waals surface area contributed by atoms with Crippen LogP contribution in [0.2, 0.25) is 0 Å². The molecule has 0 aromatic heterocycles. The smallest absolute Gasteiger partial charge is 0.392 e. The first-order valence-corrected chi connectivity index (χ1v) is 22.6. The molecule has 11 heteroatoms. The third-order valence-electron chi connectivity index (χ3n) is 12.2. The van der Waals surface area contributed by atoms with Crippen LogP contribution in [-0.4, -0.2) is 71.2 Å². The maximum Gasteiger partial charge on any atom is 0.471 e. The van der Waals surface area contributed by atoms with E-state index < -0.39 is 30.3 Å². The molecular formula is C49H68F3N3O5. The number of alkyl halides is 3. The lowest BCUT2D eigenvalue weighted by Gasteiger charge is -2.43. The molecule has 3 aromatic rings. The van der Waals surface area contributed by atoms with Crippen molar-refractivity contribution in [3.63, 3.8) is 0 Å². The summed E-state index contributed by atoms with van der Waals surface area (Å²) in [6.45, 7) is 9.70. The van der Waals surface area contributed by atoms with Crippen LogP contribution in [0.4, 0.5) is 13.2 Å². The summed E-state index contributed by atoms with van der Waals surface area (Å²) in [5.74, 6) is -2.47. The number of aliphatic hydroxyl groups is 1. The molecule has 0 saturated carbocycles. The van der Waals surface area contributed by atoms with Crippen molar-refractivity contribution in [2.45, 2.75) is 155 Å². The van der Waals surface area contributed by atoms with E-state index in [4.69, 9.17) is 9.47 Å². The van der Waals surface area contributed by atoms with Gasteiger partial charge in [-0.2, -0.15) is 13.2 Å². The van der Waals surface area contributed by atoms with E-state index in [1.54, 1.807) is 0 Å². The average molecular weight is 836 g/mol. The topological polar surface area (TPSA) is 91.3 Å². The van der Waals surface area contributed by atoms with Crippen LogP contribution in [0.15, 0.2) is 72.8 Å². The molecule has 0 spiro atoms. The summed E-state index contributed by atoms with van der Waals surface area (Å²) in [6, 6.07) is 22.7. The van der Waals surface area contributed by atoms with Gasteiger partial charge in [-0.1, -0.05) is 152 Å². The van der Waals surface area contributed by atoms with Crippen LogP contribution in [0, 0.1) is 5.92 Å². The van der Waals surface area contributed by atoms with Crippen molar-refractivity contribution in [3.8, 4) is 11.1 Å². The predicted octanol–water partition coefficient (Wildman–Crippen LogP) is 10.8. The molecule has 330 valence electrons. The van der Waals surface area contributed by atoms with E-state index in [0.717, 1.165) is 53.0 Å². The van der Waals surface area contributed by atoms with Gasteiger partial charge in [0.25, 0.3) is 0 Å². The number of rotatable bonds is 23. The van der Waals surface area contributed by atoms with E-state index >= 15 is 0 Å². The quantitative estimate of drug-likeness (QED) is 0.0925. The molecule has 2 aliphatic heterocycles. The van der Waals surface area contributed by atoms with Crippen LogP contribution >= 0.6 is 0 Å². The van der Waals surface area contributed by atoms with Gasteiger partial charge in [-0.15, -0.1) is 0 Å². The maximum atomic E-state index is 13.1. The number of aliphatic hydroxyl groups excluding tert-OH is 1. The van der Waals surface area contributed by atoms with Crippen molar-refractivity contribution in [2.24, 2.45) is 5.92 Å². The number of hydrogen-bond donors (Lipinski definition) is 2. The average Bonchev–Trinajstić information content (AvgIpc) is 3.75. The number of unbranched alkanes of at least 4 members (excludes halogenated alkanes) is 10. The number of ether oxygens (including phenoxy) is 2. The molecule has 0 unspecified atom stereocenters. The van der Waals surface area contributed by atoms with Crippen molar-refractivity contribution < 1.29 is 37.3 Å². The molecule has 0 aliphatic carbocycles. The summed E-state index contributed by atoms with van der Waals surface area (Å²) in [4.78, 5) is 28.1. The summed E-state index contributed by atoms with van der Waals surface area (Å²) in [5, 5.41) is 12.5. The summed E-state index contributed by atoms with van der Waals surface area (Å²) in [7, 11) is 0. The van der Waals surface area contributed by atoms with Crippen molar-refractivity contribution in [1.29, 1.82) is 0 Å². The van der Waals surface area contributed by atoms with Gasteiger partial charge >= 0.3 is 12.1 Å². The number of halogens is 3. The second-order valence-electron chi connectivity index (χ2n) is 16.9. The third kappa shape index (κ3) is 13.9. The molecule has 2 fully saturated rings. The van der Waals surface area contributed by atoms with Crippen LogP contribution in [0.1, 0.15) is 145 Å². The Morgan fingerprint density at radius 2 is 1.40 bits per heavy atom. The molecular weight excluding hydrogens is 768 g/mol. The minimum Gasteiger partial charge on any atom is -0.392 e. The van der Waals surface area contributed by atoms with E-state index in [1.807, 2.05) is 60.7 Å². The van der Waals surface area contributed by atoms with Crippen LogP contribution in [0.25, 0.3) is 11.1 Å². The second-order valence-corrected chi connectivity index (χ2v) is 16.9. The fourth-order valence-electron chi connectivity index (χ4n) is 8.55. The summed E-state index contributed by atoms with van der Waals surface area (Å²) < 4.78 is 53.1. The summed E-state index contributed by atoms with van der Waals surface area (Å²) >= 11 is 0. The number of likely N-dealkylation sites (tertiary alicyclic amines) is 1. The Bertz CT molecular complexity index is 1720. The molecule has 0 radical (unpaired) electrons. The molecule has 8 nitrogen and oxygen atoms in total. The minimum atomic E-state index is -5.02. The van der Waals surface area contributed by atoms with Gasteiger partial charge in [0, 0.05) is 31.1 Å². The Morgan fingerprint density at radius 3 is 2.02 bits per heavy atom. The molecule has 2 saturated heterocycles. The van der Waals surface area contributed by atoms with Crippen LogP contribution in [-0.2, 0) is 32.2 Å². The van der Waals surface area contributed by atoms with Crippen LogP contribution in [0.5, 0.6) is 0 Å². The van der Waals surface area contributed by atoms with Gasteiger partial charge in [-0.05, 0) is 72.7 Å². The van der Waals surface area contributed by atoms with Gasteiger partial charge in [-0.25, -0.2) is 0 Å². The van der Waals surface area contributed by atoms with Gasteiger partial charge in [0.05, 0.1) is 18.8 Å². The molecule has 0 bridgehead atoms. The Balaban J connectivity index is 1.28. The van der Waals surface area contributed by atoms with Crippen LogP contribution < -0.4 is 5.32 Å². The van der Waals surface area contributed by atoms with E-state index in [9.17, 15) is 27.9 Å². The zero-order chi connectivity index (χ0) is 42.9. The number of hydrogen-bond acceptors (Lipinski definition) is 6. The Hall–Kier alpha value is -3.77.